The predicted molar refractivity (Wildman–Crippen MR) is 72.2 cm³/mol. The second-order valence-electron chi connectivity index (χ2n) is 4.40. The van der Waals surface area contributed by atoms with Crippen molar-refractivity contribution >= 4 is 11.3 Å². The minimum absolute atomic E-state index is 0.596. The molecule has 0 bridgehead atoms. The fraction of sp³-hybridized carbons (Fsp3) is 0.769. The second kappa shape index (κ2) is 7.80. The highest BCUT2D eigenvalue weighted by molar-refractivity contribution is 7.09. The van der Waals surface area contributed by atoms with E-state index in [0.29, 0.717) is 6.04 Å². The molecule has 1 atom stereocenters. The maximum atomic E-state index is 4.52. The van der Waals surface area contributed by atoms with Gasteiger partial charge in [0.1, 0.15) is 0 Å². The van der Waals surface area contributed by atoms with Gasteiger partial charge in [-0.3, -0.25) is 0 Å². The summed E-state index contributed by atoms with van der Waals surface area (Å²) in [6.07, 6.45) is 7.73. The van der Waals surface area contributed by atoms with Gasteiger partial charge >= 0.3 is 0 Å². The van der Waals surface area contributed by atoms with E-state index in [1.54, 1.807) is 11.3 Å². The summed E-state index contributed by atoms with van der Waals surface area (Å²) in [5.74, 6) is 0. The van der Waals surface area contributed by atoms with Gasteiger partial charge in [-0.15, -0.1) is 11.3 Å². The molecular formula is C13H24N2S. The third-order valence-corrected chi connectivity index (χ3v) is 3.76. The largest absolute Gasteiger partial charge is 0.317 e. The van der Waals surface area contributed by atoms with Crippen LogP contribution in [0, 0.1) is 6.92 Å². The lowest BCUT2D eigenvalue weighted by Crippen LogP contribution is -2.27. The van der Waals surface area contributed by atoms with Gasteiger partial charge in [0.2, 0.25) is 0 Å². The molecule has 1 rings (SSSR count). The number of nitrogens with zero attached hydrogens (tertiary/aromatic N) is 1. The van der Waals surface area contributed by atoms with E-state index < -0.39 is 0 Å². The van der Waals surface area contributed by atoms with Gasteiger partial charge in [-0.05, 0) is 20.4 Å². The average molecular weight is 240 g/mol. The van der Waals surface area contributed by atoms with Gasteiger partial charge in [-0.2, -0.15) is 0 Å². The zero-order valence-electron chi connectivity index (χ0n) is 10.8. The van der Waals surface area contributed by atoms with Crippen LogP contribution >= 0.6 is 11.3 Å². The van der Waals surface area contributed by atoms with E-state index in [2.05, 4.69) is 36.6 Å². The Labute approximate surface area is 103 Å². The number of aromatic nitrogens is 1. The standard InChI is InChI=1S/C13H24N2S/c1-4-5-6-7-8-12(14-3)9-13-10-16-11(2)15-13/h10,12,14H,4-9H2,1-3H3. The first-order chi connectivity index (χ1) is 7.76. The molecule has 1 aromatic rings. The topological polar surface area (TPSA) is 24.9 Å². The minimum atomic E-state index is 0.596. The van der Waals surface area contributed by atoms with Crippen LogP contribution in [0.5, 0.6) is 0 Å². The molecule has 1 aromatic heterocycles. The molecule has 0 amide bonds. The molecule has 0 aromatic carbocycles. The first-order valence-corrected chi connectivity index (χ1v) is 7.22. The van der Waals surface area contributed by atoms with Crippen LogP contribution in [0.1, 0.15) is 49.7 Å². The maximum absolute atomic E-state index is 4.52. The van der Waals surface area contributed by atoms with E-state index in [0.717, 1.165) is 6.42 Å². The Morgan fingerprint density at radius 1 is 1.38 bits per heavy atom. The van der Waals surface area contributed by atoms with E-state index in [1.807, 2.05) is 0 Å². The third kappa shape index (κ3) is 5.08. The van der Waals surface area contributed by atoms with Gasteiger partial charge in [-0.25, -0.2) is 4.98 Å². The van der Waals surface area contributed by atoms with Crippen LogP contribution in [0.15, 0.2) is 5.38 Å². The van der Waals surface area contributed by atoms with Crippen molar-refractivity contribution in [1.29, 1.82) is 0 Å². The van der Waals surface area contributed by atoms with Crippen LogP contribution < -0.4 is 5.32 Å². The molecule has 92 valence electrons. The van der Waals surface area contributed by atoms with Gasteiger partial charge < -0.3 is 5.32 Å². The van der Waals surface area contributed by atoms with Crippen LogP contribution in [0.4, 0.5) is 0 Å². The Morgan fingerprint density at radius 3 is 2.75 bits per heavy atom. The summed E-state index contributed by atoms with van der Waals surface area (Å²) in [5, 5.41) is 6.76. The molecule has 0 saturated heterocycles. The number of unbranched alkanes of at least 4 members (excludes halogenated alkanes) is 3. The van der Waals surface area contributed by atoms with Crippen molar-refractivity contribution in [1.82, 2.24) is 10.3 Å². The molecule has 0 spiro atoms. The molecule has 16 heavy (non-hydrogen) atoms. The lowest BCUT2D eigenvalue weighted by atomic mass is 10.0. The Hall–Kier alpha value is -0.410. The van der Waals surface area contributed by atoms with Crippen LogP contribution in [0.2, 0.25) is 0 Å². The van der Waals surface area contributed by atoms with Crippen molar-refractivity contribution < 1.29 is 0 Å². The molecule has 1 heterocycles. The Balaban J connectivity index is 2.26. The highest BCUT2D eigenvalue weighted by atomic mass is 32.1. The van der Waals surface area contributed by atoms with Crippen LogP contribution in [-0.2, 0) is 6.42 Å². The summed E-state index contributed by atoms with van der Waals surface area (Å²) >= 11 is 1.75. The van der Waals surface area contributed by atoms with Crippen molar-refractivity contribution in [2.75, 3.05) is 7.05 Å². The van der Waals surface area contributed by atoms with Crippen molar-refractivity contribution in [2.24, 2.45) is 0 Å². The van der Waals surface area contributed by atoms with Gasteiger partial charge in [0, 0.05) is 17.8 Å². The Kier molecular flexibility index (Phi) is 6.65. The lowest BCUT2D eigenvalue weighted by molar-refractivity contribution is 0.482. The van der Waals surface area contributed by atoms with E-state index in [-0.39, 0.29) is 0 Å². The number of aryl methyl sites for hydroxylation is 1. The number of likely N-dealkylation sites (N-methyl/N-ethyl adjacent to an activating group) is 1. The Morgan fingerprint density at radius 2 is 2.19 bits per heavy atom. The number of rotatable bonds is 8. The van der Waals surface area contributed by atoms with Crippen LogP contribution in [0.25, 0.3) is 0 Å². The van der Waals surface area contributed by atoms with Crippen molar-refractivity contribution in [2.45, 2.75) is 58.4 Å². The third-order valence-electron chi connectivity index (χ3n) is 2.94. The SMILES string of the molecule is CCCCCCC(Cc1csc(C)n1)NC. The molecular weight excluding hydrogens is 216 g/mol. The average Bonchev–Trinajstić information content (AvgIpc) is 2.68. The van der Waals surface area contributed by atoms with Gasteiger partial charge in [0.25, 0.3) is 0 Å². The van der Waals surface area contributed by atoms with E-state index >= 15 is 0 Å². The van der Waals surface area contributed by atoms with Gasteiger partial charge in [0.05, 0.1) is 10.7 Å². The molecule has 0 radical (unpaired) electrons. The quantitative estimate of drug-likeness (QED) is 0.703. The highest BCUT2D eigenvalue weighted by Crippen LogP contribution is 2.13. The molecule has 0 fully saturated rings. The molecule has 0 aliphatic rings. The maximum Gasteiger partial charge on any atom is 0.0897 e. The van der Waals surface area contributed by atoms with Crippen molar-refractivity contribution in [3.63, 3.8) is 0 Å². The summed E-state index contributed by atoms with van der Waals surface area (Å²) in [7, 11) is 2.06. The van der Waals surface area contributed by atoms with E-state index in [9.17, 15) is 0 Å². The smallest absolute Gasteiger partial charge is 0.0897 e. The lowest BCUT2D eigenvalue weighted by Gasteiger charge is -2.14. The zero-order chi connectivity index (χ0) is 11.8. The fourth-order valence-corrected chi connectivity index (χ4v) is 2.55. The summed E-state index contributed by atoms with van der Waals surface area (Å²) in [6, 6.07) is 0.596. The van der Waals surface area contributed by atoms with Crippen molar-refractivity contribution in [3.05, 3.63) is 16.1 Å². The molecule has 2 nitrogen and oxygen atoms in total. The fourth-order valence-electron chi connectivity index (χ4n) is 1.92. The summed E-state index contributed by atoms with van der Waals surface area (Å²) in [6.45, 7) is 4.33. The summed E-state index contributed by atoms with van der Waals surface area (Å²) in [5.41, 5.74) is 1.25. The number of thiazole rings is 1. The minimum Gasteiger partial charge on any atom is -0.317 e. The Bertz CT molecular complexity index is 283. The monoisotopic (exact) mass is 240 g/mol. The number of hydrogen-bond donors (Lipinski definition) is 1. The first kappa shape index (κ1) is 13.7. The first-order valence-electron chi connectivity index (χ1n) is 6.34. The molecule has 0 saturated carbocycles. The highest BCUT2D eigenvalue weighted by Gasteiger charge is 2.08. The summed E-state index contributed by atoms with van der Waals surface area (Å²) in [4.78, 5) is 4.52. The molecule has 1 unspecified atom stereocenters. The molecule has 1 N–H and O–H groups in total. The normalized spacial score (nSPS) is 12.9. The predicted octanol–water partition coefficient (Wildman–Crippen LogP) is 3.55. The molecule has 0 aliphatic carbocycles. The zero-order valence-corrected chi connectivity index (χ0v) is 11.6. The number of hydrogen-bond acceptors (Lipinski definition) is 3. The van der Waals surface area contributed by atoms with Crippen molar-refractivity contribution in [3.8, 4) is 0 Å². The van der Waals surface area contributed by atoms with Gasteiger partial charge in [-0.1, -0.05) is 32.6 Å². The van der Waals surface area contributed by atoms with Crippen LogP contribution in [0.3, 0.4) is 0 Å². The van der Waals surface area contributed by atoms with Gasteiger partial charge in [0.15, 0.2) is 0 Å². The molecule has 0 aliphatic heterocycles. The van der Waals surface area contributed by atoms with E-state index in [1.165, 1.54) is 42.8 Å². The molecule has 3 heteroatoms. The summed E-state index contributed by atoms with van der Waals surface area (Å²) < 4.78 is 0. The second-order valence-corrected chi connectivity index (χ2v) is 5.46. The van der Waals surface area contributed by atoms with Crippen LogP contribution in [-0.4, -0.2) is 18.1 Å². The number of nitrogens with one attached hydrogen (secondary N) is 1. The van der Waals surface area contributed by atoms with E-state index in [4.69, 9.17) is 0 Å².